The van der Waals surface area contributed by atoms with E-state index in [1.165, 1.54) is 24.3 Å². The Labute approximate surface area is 163 Å². The van der Waals surface area contributed by atoms with Crippen LogP contribution in [0.5, 0.6) is 0 Å². The van der Waals surface area contributed by atoms with Crippen molar-refractivity contribution in [1.82, 2.24) is 10.2 Å². The minimum absolute atomic E-state index is 0.0789. The molecule has 4 amide bonds. The summed E-state index contributed by atoms with van der Waals surface area (Å²) in [6, 6.07) is 11.2. The van der Waals surface area contributed by atoms with Gasteiger partial charge in [-0.2, -0.15) is 0 Å². The van der Waals surface area contributed by atoms with Crippen molar-refractivity contribution in [2.75, 3.05) is 11.9 Å². The summed E-state index contributed by atoms with van der Waals surface area (Å²) in [6.07, 6.45) is 1.31. The predicted octanol–water partition coefficient (Wildman–Crippen LogP) is 2.78. The molecule has 0 saturated carbocycles. The average molecular weight is 401 g/mol. The Hall–Kier alpha value is -3.72. The number of rotatable bonds is 5. The zero-order valence-corrected chi connectivity index (χ0v) is 15.0. The fourth-order valence-electron chi connectivity index (χ4n) is 2.49. The molecule has 3 rings (SSSR count). The van der Waals surface area contributed by atoms with E-state index in [-0.39, 0.29) is 11.4 Å². The third-order valence-corrected chi connectivity index (χ3v) is 4.04. The summed E-state index contributed by atoms with van der Waals surface area (Å²) in [7, 11) is 0. The average Bonchev–Trinajstić information content (AvgIpc) is 2.91. The number of amides is 4. The molecule has 0 atom stereocenters. The number of urea groups is 1. The number of nitro groups is 1. The number of nitrogens with one attached hydrogen (secondary N) is 2. The van der Waals surface area contributed by atoms with Crippen LogP contribution in [-0.2, 0) is 9.59 Å². The molecule has 0 radical (unpaired) electrons. The topological polar surface area (TPSA) is 122 Å². The van der Waals surface area contributed by atoms with Gasteiger partial charge in [0.25, 0.3) is 11.6 Å². The number of benzene rings is 2. The van der Waals surface area contributed by atoms with Gasteiger partial charge in [0.05, 0.1) is 4.92 Å². The quantitative estimate of drug-likeness (QED) is 0.346. The van der Waals surface area contributed by atoms with Crippen molar-refractivity contribution in [1.29, 1.82) is 0 Å². The Balaban J connectivity index is 1.71. The molecule has 1 aliphatic heterocycles. The minimum atomic E-state index is -0.757. The number of halogens is 1. The lowest BCUT2D eigenvalue weighted by molar-refractivity contribution is -0.384. The lowest BCUT2D eigenvalue weighted by atomic mass is 10.1. The standard InChI is InChI=1S/C18H13ClN4O5/c19-12-4-6-13(7-5-12)20-16(24)10-22-17(25)15(21-18(22)26)9-11-2-1-3-14(8-11)23(27)28/h1-9H,10H2,(H,20,24)(H,21,26)/b15-9-. The first kappa shape index (κ1) is 19.1. The summed E-state index contributed by atoms with van der Waals surface area (Å²) in [4.78, 5) is 47.6. The number of nitrogens with zero attached hydrogens (tertiary/aromatic N) is 2. The Kier molecular flexibility index (Phi) is 5.37. The van der Waals surface area contributed by atoms with E-state index in [1.807, 2.05) is 0 Å². The van der Waals surface area contributed by atoms with Gasteiger partial charge in [0.1, 0.15) is 12.2 Å². The molecule has 9 nitrogen and oxygen atoms in total. The summed E-state index contributed by atoms with van der Waals surface area (Å²) in [6.45, 7) is -0.487. The van der Waals surface area contributed by atoms with E-state index < -0.39 is 29.3 Å². The molecule has 0 spiro atoms. The maximum Gasteiger partial charge on any atom is 0.329 e. The maximum atomic E-state index is 12.4. The molecular formula is C18H13ClN4O5. The van der Waals surface area contributed by atoms with E-state index in [9.17, 15) is 24.5 Å². The van der Waals surface area contributed by atoms with Crippen LogP contribution in [0.15, 0.2) is 54.2 Å². The second kappa shape index (κ2) is 7.89. The SMILES string of the molecule is O=C(CN1C(=O)N/C(=C\c2cccc([N+](=O)[O-])c2)C1=O)Nc1ccc(Cl)cc1. The molecule has 1 saturated heterocycles. The van der Waals surface area contributed by atoms with Gasteiger partial charge in [0.2, 0.25) is 5.91 Å². The summed E-state index contributed by atoms with van der Waals surface area (Å²) in [5.41, 5.74) is 0.606. The zero-order valence-electron chi connectivity index (χ0n) is 14.2. The van der Waals surface area contributed by atoms with Gasteiger partial charge < -0.3 is 10.6 Å². The molecule has 2 aromatic rings. The minimum Gasteiger partial charge on any atom is -0.325 e. The number of carbonyl (C=O) groups is 3. The third-order valence-electron chi connectivity index (χ3n) is 3.78. The molecule has 0 aromatic heterocycles. The van der Waals surface area contributed by atoms with Gasteiger partial charge in [-0.3, -0.25) is 19.7 Å². The fraction of sp³-hybridized carbons (Fsp3) is 0.0556. The first-order valence-corrected chi connectivity index (χ1v) is 8.36. The molecule has 2 aromatic carbocycles. The largest absolute Gasteiger partial charge is 0.329 e. The molecule has 0 bridgehead atoms. The van der Waals surface area contributed by atoms with Crippen LogP contribution in [0.4, 0.5) is 16.2 Å². The van der Waals surface area contributed by atoms with E-state index in [2.05, 4.69) is 10.6 Å². The van der Waals surface area contributed by atoms with Crippen molar-refractivity contribution < 1.29 is 19.3 Å². The number of nitro benzene ring substituents is 1. The third kappa shape index (κ3) is 4.33. The number of imide groups is 1. The number of hydrogen-bond acceptors (Lipinski definition) is 5. The maximum absolute atomic E-state index is 12.4. The Morgan fingerprint density at radius 2 is 1.93 bits per heavy atom. The Morgan fingerprint density at radius 1 is 1.21 bits per heavy atom. The number of hydrogen-bond donors (Lipinski definition) is 2. The highest BCUT2D eigenvalue weighted by Gasteiger charge is 2.34. The van der Waals surface area contributed by atoms with Crippen LogP contribution in [0.3, 0.4) is 0 Å². The van der Waals surface area contributed by atoms with Crippen LogP contribution >= 0.6 is 11.6 Å². The first-order chi connectivity index (χ1) is 13.3. The molecule has 1 heterocycles. The molecule has 2 N–H and O–H groups in total. The normalized spacial score (nSPS) is 14.9. The highest BCUT2D eigenvalue weighted by Crippen LogP contribution is 2.18. The summed E-state index contributed by atoms with van der Waals surface area (Å²) in [5, 5.41) is 16.3. The van der Waals surface area contributed by atoms with Crippen molar-refractivity contribution >= 4 is 46.9 Å². The van der Waals surface area contributed by atoms with Gasteiger partial charge in [0, 0.05) is 22.8 Å². The van der Waals surface area contributed by atoms with Gasteiger partial charge >= 0.3 is 6.03 Å². The van der Waals surface area contributed by atoms with Gasteiger partial charge in [-0.25, -0.2) is 9.69 Å². The Morgan fingerprint density at radius 3 is 2.61 bits per heavy atom. The molecular weight excluding hydrogens is 388 g/mol. The van der Waals surface area contributed by atoms with Crippen LogP contribution in [0.2, 0.25) is 5.02 Å². The van der Waals surface area contributed by atoms with Crippen LogP contribution < -0.4 is 10.6 Å². The fourth-order valence-corrected chi connectivity index (χ4v) is 2.61. The summed E-state index contributed by atoms with van der Waals surface area (Å²) in [5.74, 6) is -1.27. The van der Waals surface area contributed by atoms with Crippen molar-refractivity contribution in [2.24, 2.45) is 0 Å². The van der Waals surface area contributed by atoms with E-state index in [0.29, 0.717) is 16.3 Å². The predicted molar refractivity (Wildman–Crippen MR) is 101 cm³/mol. The molecule has 142 valence electrons. The van der Waals surface area contributed by atoms with Crippen LogP contribution in [0.25, 0.3) is 6.08 Å². The van der Waals surface area contributed by atoms with Gasteiger partial charge in [0.15, 0.2) is 0 Å². The van der Waals surface area contributed by atoms with Crippen molar-refractivity contribution in [3.05, 3.63) is 74.9 Å². The lowest BCUT2D eigenvalue weighted by Gasteiger charge is -2.12. The Bertz CT molecular complexity index is 1000. The van der Waals surface area contributed by atoms with Crippen LogP contribution in [-0.4, -0.2) is 34.2 Å². The van der Waals surface area contributed by atoms with Crippen LogP contribution in [0, 0.1) is 10.1 Å². The summed E-state index contributed by atoms with van der Waals surface area (Å²) >= 11 is 5.77. The van der Waals surface area contributed by atoms with Crippen molar-refractivity contribution in [3.63, 3.8) is 0 Å². The monoisotopic (exact) mass is 400 g/mol. The molecule has 10 heteroatoms. The van der Waals surface area contributed by atoms with E-state index in [1.54, 1.807) is 30.3 Å². The van der Waals surface area contributed by atoms with Crippen LogP contribution in [0.1, 0.15) is 5.56 Å². The molecule has 0 aliphatic carbocycles. The zero-order chi connectivity index (χ0) is 20.3. The number of non-ortho nitro benzene ring substituents is 1. The van der Waals surface area contributed by atoms with E-state index in [0.717, 1.165) is 4.90 Å². The molecule has 1 aliphatic rings. The lowest BCUT2D eigenvalue weighted by Crippen LogP contribution is -2.38. The van der Waals surface area contributed by atoms with Gasteiger partial charge in [-0.1, -0.05) is 23.7 Å². The summed E-state index contributed by atoms with van der Waals surface area (Å²) < 4.78 is 0. The second-order valence-electron chi connectivity index (χ2n) is 5.79. The van der Waals surface area contributed by atoms with Gasteiger partial charge in [-0.05, 0) is 35.9 Å². The number of anilines is 1. The van der Waals surface area contributed by atoms with Gasteiger partial charge in [-0.15, -0.1) is 0 Å². The molecule has 1 fully saturated rings. The van der Waals surface area contributed by atoms with E-state index >= 15 is 0 Å². The smallest absolute Gasteiger partial charge is 0.325 e. The van der Waals surface area contributed by atoms with E-state index in [4.69, 9.17) is 11.6 Å². The highest BCUT2D eigenvalue weighted by atomic mass is 35.5. The molecule has 0 unspecified atom stereocenters. The first-order valence-electron chi connectivity index (χ1n) is 7.98. The highest BCUT2D eigenvalue weighted by molar-refractivity contribution is 6.30. The van der Waals surface area contributed by atoms with Crippen molar-refractivity contribution in [2.45, 2.75) is 0 Å². The second-order valence-corrected chi connectivity index (χ2v) is 6.22. The molecule has 28 heavy (non-hydrogen) atoms. The van der Waals surface area contributed by atoms with Crippen molar-refractivity contribution in [3.8, 4) is 0 Å². The number of carbonyl (C=O) groups excluding carboxylic acids is 3.